The van der Waals surface area contributed by atoms with Gasteiger partial charge in [-0.05, 0) is 39.7 Å². The molecule has 0 amide bonds. The number of pyridine rings is 1. The van der Waals surface area contributed by atoms with Crippen LogP contribution in [-0.4, -0.2) is 22.9 Å². The summed E-state index contributed by atoms with van der Waals surface area (Å²) in [4.78, 5) is 12.0. The van der Waals surface area contributed by atoms with E-state index in [2.05, 4.69) is 17.5 Å². The summed E-state index contributed by atoms with van der Waals surface area (Å²) in [5.41, 5.74) is 0.852. The molecule has 0 radical (unpaired) electrons. The van der Waals surface area contributed by atoms with Crippen LogP contribution in [0.1, 0.15) is 52.6 Å². The van der Waals surface area contributed by atoms with Gasteiger partial charge < -0.3 is 13.9 Å². The lowest BCUT2D eigenvalue weighted by atomic mass is 9.75. The van der Waals surface area contributed by atoms with E-state index in [1.807, 2.05) is 34.6 Å². The van der Waals surface area contributed by atoms with Crippen LogP contribution in [0.25, 0.3) is 0 Å². The van der Waals surface area contributed by atoms with E-state index in [1.54, 1.807) is 23.9 Å². The number of rotatable bonds is 4. The smallest absolute Gasteiger partial charge is 0.399 e. The minimum atomic E-state index is -0.498. The molecule has 2 rings (SSSR count). The molecule has 1 aliphatic heterocycles. The second kappa shape index (κ2) is 6.04. The van der Waals surface area contributed by atoms with E-state index >= 15 is 0 Å². The molecule has 7 heteroatoms. The predicted octanol–water partition coefficient (Wildman–Crippen LogP) is 1.57. The fourth-order valence-corrected chi connectivity index (χ4v) is 2.84. The van der Waals surface area contributed by atoms with Crippen molar-refractivity contribution in [1.29, 1.82) is 0 Å². The molecule has 0 saturated carbocycles. The minimum Gasteiger partial charge on any atom is -0.399 e. The van der Waals surface area contributed by atoms with Crippen molar-refractivity contribution in [2.45, 2.75) is 58.3 Å². The minimum absolute atomic E-state index is 0.0359. The first-order chi connectivity index (χ1) is 10.1. The highest BCUT2D eigenvalue weighted by atomic mass is 32.1. The molecule has 1 aliphatic rings. The number of thiol groups is 1. The zero-order valence-corrected chi connectivity index (χ0v) is 15.0. The van der Waals surface area contributed by atoms with Crippen molar-refractivity contribution in [3.8, 4) is 0 Å². The van der Waals surface area contributed by atoms with E-state index in [-0.39, 0.29) is 11.6 Å². The van der Waals surface area contributed by atoms with Gasteiger partial charge in [0, 0.05) is 30.8 Å². The lowest BCUT2D eigenvalue weighted by Gasteiger charge is -2.32. The monoisotopic (exact) mass is 324 g/mol. The molecule has 1 fully saturated rings. The van der Waals surface area contributed by atoms with Crippen LogP contribution in [-0.2, 0) is 16.4 Å². The van der Waals surface area contributed by atoms with E-state index in [9.17, 15) is 4.79 Å². The SMILES string of the molecule is CC[C@H](NS)c1cc(=O)n(C)cc1B1OC(C)(C)C(C)(C)O1. The van der Waals surface area contributed by atoms with Crippen molar-refractivity contribution in [3.05, 3.63) is 28.2 Å². The topological polar surface area (TPSA) is 52.5 Å². The van der Waals surface area contributed by atoms with Gasteiger partial charge in [0.15, 0.2) is 0 Å². The highest BCUT2D eigenvalue weighted by Gasteiger charge is 2.52. The Hall–Kier alpha value is -0.755. The zero-order valence-electron chi connectivity index (χ0n) is 14.1. The van der Waals surface area contributed by atoms with Crippen LogP contribution in [0.2, 0.25) is 0 Å². The Labute approximate surface area is 138 Å². The van der Waals surface area contributed by atoms with Crippen LogP contribution in [0, 0.1) is 0 Å². The molecule has 1 aromatic heterocycles. The Morgan fingerprint density at radius 3 is 2.32 bits per heavy atom. The summed E-state index contributed by atoms with van der Waals surface area (Å²) in [6.45, 7) is 10.1. The van der Waals surface area contributed by atoms with E-state index < -0.39 is 18.3 Å². The van der Waals surface area contributed by atoms with Crippen molar-refractivity contribution < 1.29 is 9.31 Å². The molecule has 5 nitrogen and oxygen atoms in total. The molecule has 22 heavy (non-hydrogen) atoms. The van der Waals surface area contributed by atoms with Crippen molar-refractivity contribution in [2.24, 2.45) is 7.05 Å². The van der Waals surface area contributed by atoms with Crippen molar-refractivity contribution in [2.75, 3.05) is 0 Å². The van der Waals surface area contributed by atoms with Gasteiger partial charge in [0.2, 0.25) is 0 Å². The van der Waals surface area contributed by atoms with Gasteiger partial charge in [0.05, 0.1) is 11.2 Å². The third-order valence-corrected chi connectivity index (χ3v) is 5.05. The lowest BCUT2D eigenvalue weighted by Crippen LogP contribution is -2.41. The van der Waals surface area contributed by atoms with E-state index in [0.29, 0.717) is 0 Å². The van der Waals surface area contributed by atoms with Gasteiger partial charge in [-0.3, -0.25) is 9.52 Å². The largest absolute Gasteiger partial charge is 0.496 e. The van der Waals surface area contributed by atoms with Crippen LogP contribution >= 0.6 is 12.8 Å². The zero-order chi connectivity index (χ0) is 16.7. The summed E-state index contributed by atoms with van der Waals surface area (Å²) in [6, 6.07) is 1.60. The van der Waals surface area contributed by atoms with Crippen molar-refractivity contribution in [3.63, 3.8) is 0 Å². The quantitative estimate of drug-likeness (QED) is 0.652. The van der Waals surface area contributed by atoms with Crippen LogP contribution in [0.5, 0.6) is 0 Å². The molecule has 122 valence electrons. The second-order valence-corrected chi connectivity index (χ2v) is 7.07. The average Bonchev–Trinajstić information content (AvgIpc) is 2.63. The first-order valence-corrected chi connectivity index (χ1v) is 8.03. The van der Waals surface area contributed by atoms with Gasteiger partial charge in [0.25, 0.3) is 5.56 Å². The molecule has 1 saturated heterocycles. The Morgan fingerprint density at radius 1 is 1.32 bits per heavy atom. The highest BCUT2D eigenvalue weighted by Crippen LogP contribution is 2.37. The number of nitrogens with one attached hydrogen (secondary N) is 1. The van der Waals surface area contributed by atoms with Crippen LogP contribution in [0.15, 0.2) is 17.1 Å². The van der Waals surface area contributed by atoms with E-state index in [0.717, 1.165) is 17.4 Å². The maximum Gasteiger partial charge on any atom is 0.496 e. The molecule has 0 bridgehead atoms. The van der Waals surface area contributed by atoms with Gasteiger partial charge in [-0.25, -0.2) is 0 Å². The number of nitrogens with zero attached hydrogens (tertiary/aromatic N) is 1. The summed E-state index contributed by atoms with van der Waals surface area (Å²) in [5, 5.41) is 0. The number of aryl methyl sites for hydroxylation is 1. The van der Waals surface area contributed by atoms with Crippen molar-refractivity contribution in [1.82, 2.24) is 9.29 Å². The Balaban J connectivity index is 2.51. The normalized spacial score (nSPS) is 21.1. The summed E-state index contributed by atoms with van der Waals surface area (Å²) in [7, 11) is 1.23. The maximum atomic E-state index is 12.0. The predicted molar refractivity (Wildman–Crippen MR) is 92.6 cm³/mol. The molecule has 0 aliphatic carbocycles. The maximum absolute atomic E-state index is 12.0. The summed E-state index contributed by atoms with van der Waals surface area (Å²) < 4.78 is 16.8. The number of hydrogen-bond acceptors (Lipinski definition) is 5. The summed E-state index contributed by atoms with van der Waals surface area (Å²) in [6.07, 6.45) is 2.61. The van der Waals surface area contributed by atoms with Crippen molar-refractivity contribution >= 4 is 25.4 Å². The van der Waals surface area contributed by atoms with Gasteiger partial charge in [-0.1, -0.05) is 19.7 Å². The summed E-state index contributed by atoms with van der Waals surface area (Å²) in [5.74, 6) is 0. The molecule has 2 heterocycles. The highest BCUT2D eigenvalue weighted by molar-refractivity contribution is 7.78. The average molecular weight is 324 g/mol. The Kier molecular flexibility index (Phi) is 4.83. The third-order valence-electron chi connectivity index (χ3n) is 4.74. The first-order valence-electron chi connectivity index (χ1n) is 7.58. The fourth-order valence-electron chi connectivity index (χ4n) is 2.51. The van der Waals surface area contributed by atoms with Gasteiger partial charge >= 0.3 is 7.12 Å². The molecule has 0 aromatic carbocycles. The van der Waals surface area contributed by atoms with Crippen LogP contribution in [0.3, 0.4) is 0 Å². The molecule has 0 unspecified atom stereocenters. The fraction of sp³-hybridized carbons (Fsp3) is 0.667. The molecular weight excluding hydrogens is 299 g/mol. The van der Waals surface area contributed by atoms with Gasteiger partial charge in [-0.2, -0.15) is 0 Å². The van der Waals surface area contributed by atoms with E-state index in [4.69, 9.17) is 9.31 Å². The van der Waals surface area contributed by atoms with Gasteiger partial charge in [-0.15, -0.1) is 0 Å². The van der Waals surface area contributed by atoms with Gasteiger partial charge in [0.1, 0.15) is 0 Å². The molecule has 1 atom stereocenters. The molecular formula is C15H25BN2O3S. The standard InChI is InChI=1S/C15H25BN2O3S/c1-7-12(17-22)10-8-13(19)18(6)9-11(10)16-20-14(2,3)15(4,5)21-16/h8-9,12,17,22H,7H2,1-6H3/t12-/m0/s1. The number of hydrogen-bond donors (Lipinski definition) is 2. The molecule has 1 N–H and O–H groups in total. The molecule has 1 aromatic rings. The number of aromatic nitrogens is 1. The van der Waals surface area contributed by atoms with E-state index in [1.165, 1.54) is 0 Å². The Bertz CT molecular complexity index is 595. The second-order valence-electron chi connectivity index (χ2n) is 6.81. The van der Waals surface area contributed by atoms with Crippen LogP contribution < -0.4 is 15.7 Å². The third kappa shape index (κ3) is 3.00. The first kappa shape index (κ1) is 17.6. The Morgan fingerprint density at radius 2 is 1.86 bits per heavy atom. The summed E-state index contributed by atoms with van der Waals surface area (Å²) >= 11 is 4.18. The lowest BCUT2D eigenvalue weighted by molar-refractivity contribution is 0.00578. The molecule has 0 spiro atoms. The van der Waals surface area contributed by atoms with Crippen LogP contribution in [0.4, 0.5) is 0 Å².